The van der Waals surface area contributed by atoms with Gasteiger partial charge in [-0.2, -0.15) is 5.09 Å². The highest BCUT2D eigenvalue weighted by Gasteiger charge is 2.34. The lowest BCUT2D eigenvalue weighted by molar-refractivity contribution is -0.384. The van der Waals surface area contributed by atoms with Gasteiger partial charge in [-0.1, -0.05) is 35.9 Å². The van der Waals surface area contributed by atoms with E-state index < -0.39 is 24.7 Å². The quantitative estimate of drug-likeness (QED) is 0.278. The zero-order chi connectivity index (χ0) is 21.9. The van der Waals surface area contributed by atoms with Crippen LogP contribution < -0.4 is 14.1 Å². The number of carboxylic acid groups (broad SMARTS) is 1. The second-order valence-corrected chi connectivity index (χ2v) is 8.24. The van der Waals surface area contributed by atoms with Crippen LogP contribution in [0, 0.1) is 10.1 Å². The van der Waals surface area contributed by atoms with Crippen LogP contribution in [0.25, 0.3) is 10.8 Å². The lowest BCUT2D eigenvalue weighted by Crippen LogP contribution is -2.34. The molecule has 0 radical (unpaired) electrons. The minimum atomic E-state index is -4.28. The average molecular weight is 451 g/mol. The van der Waals surface area contributed by atoms with Crippen molar-refractivity contribution in [3.05, 3.63) is 75.8 Å². The first kappa shape index (κ1) is 21.6. The fourth-order valence-corrected chi connectivity index (χ4v) is 4.35. The van der Waals surface area contributed by atoms with Gasteiger partial charge in [-0.3, -0.25) is 14.9 Å². The molecule has 0 saturated heterocycles. The number of fused-ring (bicyclic) bond motifs is 1. The van der Waals surface area contributed by atoms with Crippen LogP contribution in [0.5, 0.6) is 11.5 Å². The second-order valence-electron chi connectivity index (χ2n) is 6.21. The first-order valence-electron chi connectivity index (χ1n) is 8.60. The number of benzene rings is 3. The molecule has 0 aliphatic carbocycles. The van der Waals surface area contributed by atoms with Crippen LogP contribution >= 0.6 is 19.3 Å². The van der Waals surface area contributed by atoms with Crippen molar-refractivity contribution in [2.75, 3.05) is 0 Å². The van der Waals surface area contributed by atoms with Crippen LogP contribution in [0.2, 0.25) is 5.02 Å². The molecule has 2 unspecified atom stereocenters. The summed E-state index contributed by atoms with van der Waals surface area (Å²) in [6.07, 6.45) is 0. The zero-order valence-electron chi connectivity index (χ0n) is 15.5. The molecular formula is C19H16ClN2O7P. The number of nitro benzene ring substituents is 1. The third-order valence-electron chi connectivity index (χ3n) is 4.04. The fourth-order valence-electron chi connectivity index (χ4n) is 2.57. The molecule has 0 saturated carbocycles. The number of nitrogens with zero attached hydrogens (tertiary/aromatic N) is 1. The van der Waals surface area contributed by atoms with Crippen LogP contribution in [0.15, 0.2) is 60.7 Å². The summed E-state index contributed by atoms with van der Waals surface area (Å²) in [4.78, 5) is 21.5. The summed E-state index contributed by atoms with van der Waals surface area (Å²) < 4.78 is 24.5. The minimum absolute atomic E-state index is 0.00714. The second kappa shape index (κ2) is 8.71. The standard InChI is InChI=1S/C19H16ClN2O7P/c1-12(19(23)24)21-30(27,28-14-8-6-13(7-9-14)22(25)26)29-18-11-10-17(20)15-4-2-3-5-16(15)18/h2-12H,1H3,(H,21,27)(H,23,24). The maximum Gasteiger partial charge on any atom is 0.513 e. The molecule has 2 atom stereocenters. The maximum absolute atomic E-state index is 13.4. The summed E-state index contributed by atoms with van der Waals surface area (Å²) in [5.41, 5.74) is -0.186. The number of rotatable bonds is 8. The van der Waals surface area contributed by atoms with Gasteiger partial charge in [0, 0.05) is 27.9 Å². The van der Waals surface area contributed by atoms with Crippen molar-refractivity contribution in [3.8, 4) is 11.5 Å². The minimum Gasteiger partial charge on any atom is -0.480 e. The van der Waals surface area contributed by atoms with E-state index >= 15 is 0 Å². The molecular weight excluding hydrogens is 435 g/mol. The number of nitrogens with one attached hydrogen (secondary N) is 1. The largest absolute Gasteiger partial charge is 0.513 e. The lowest BCUT2D eigenvalue weighted by Gasteiger charge is -2.23. The van der Waals surface area contributed by atoms with Gasteiger partial charge < -0.3 is 14.2 Å². The Labute approximate surface area is 175 Å². The molecule has 2 N–H and O–H groups in total. The fraction of sp³-hybridized carbons (Fsp3) is 0.105. The Morgan fingerprint density at radius 1 is 1.10 bits per heavy atom. The van der Waals surface area contributed by atoms with Crippen molar-refractivity contribution < 1.29 is 28.4 Å². The Kier molecular flexibility index (Phi) is 6.26. The van der Waals surface area contributed by atoms with Crippen LogP contribution in [0.3, 0.4) is 0 Å². The number of aliphatic carboxylic acids is 1. The van der Waals surface area contributed by atoms with Gasteiger partial charge in [0.15, 0.2) is 0 Å². The van der Waals surface area contributed by atoms with E-state index in [2.05, 4.69) is 5.09 Å². The zero-order valence-corrected chi connectivity index (χ0v) is 17.2. The average Bonchev–Trinajstić information content (AvgIpc) is 2.70. The normalized spacial score (nSPS) is 13.9. The molecule has 0 amide bonds. The number of halogens is 1. The van der Waals surface area contributed by atoms with Crippen molar-refractivity contribution in [2.45, 2.75) is 13.0 Å². The van der Waals surface area contributed by atoms with E-state index in [0.29, 0.717) is 15.8 Å². The van der Waals surface area contributed by atoms with Gasteiger partial charge in [0.25, 0.3) is 5.69 Å². The van der Waals surface area contributed by atoms with Crippen molar-refractivity contribution in [2.24, 2.45) is 0 Å². The monoisotopic (exact) mass is 450 g/mol. The first-order valence-corrected chi connectivity index (χ1v) is 10.5. The van der Waals surface area contributed by atoms with Crippen LogP contribution in [-0.2, 0) is 9.36 Å². The molecule has 3 rings (SSSR count). The van der Waals surface area contributed by atoms with Crippen molar-refractivity contribution in [1.82, 2.24) is 5.09 Å². The molecule has 0 heterocycles. The Balaban J connectivity index is 1.98. The van der Waals surface area contributed by atoms with E-state index in [4.69, 9.17) is 20.6 Å². The van der Waals surface area contributed by atoms with Crippen molar-refractivity contribution in [3.63, 3.8) is 0 Å². The number of nitro groups is 1. The van der Waals surface area contributed by atoms with E-state index in [-0.39, 0.29) is 17.2 Å². The van der Waals surface area contributed by atoms with Crippen LogP contribution in [0.1, 0.15) is 6.92 Å². The van der Waals surface area contributed by atoms with Crippen molar-refractivity contribution >= 4 is 41.8 Å². The number of hydrogen-bond acceptors (Lipinski definition) is 6. The molecule has 0 aliphatic heterocycles. The van der Waals surface area contributed by atoms with Gasteiger partial charge in [-0.05, 0) is 31.2 Å². The summed E-state index contributed by atoms with van der Waals surface area (Å²) in [5.74, 6) is -1.12. The Morgan fingerprint density at radius 2 is 1.73 bits per heavy atom. The maximum atomic E-state index is 13.4. The highest BCUT2D eigenvalue weighted by molar-refractivity contribution is 7.52. The molecule has 156 valence electrons. The number of carbonyl (C=O) groups is 1. The molecule has 0 fully saturated rings. The third kappa shape index (κ3) is 4.88. The molecule has 0 aliphatic rings. The summed E-state index contributed by atoms with van der Waals surface area (Å²) in [6.45, 7) is 1.28. The number of hydrogen-bond donors (Lipinski definition) is 2. The highest BCUT2D eigenvalue weighted by Crippen LogP contribution is 2.47. The number of carboxylic acids is 1. The van der Waals surface area contributed by atoms with E-state index in [1.165, 1.54) is 25.1 Å². The molecule has 11 heteroatoms. The van der Waals surface area contributed by atoms with E-state index in [1.807, 2.05) is 0 Å². The summed E-state index contributed by atoms with van der Waals surface area (Å²) in [6, 6.07) is 13.5. The Bertz CT molecular complexity index is 1150. The van der Waals surface area contributed by atoms with Gasteiger partial charge in [-0.15, -0.1) is 0 Å². The van der Waals surface area contributed by atoms with Gasteiger partial charge in [0.2, 0.25) is 0 Å². The van der Waals surface area contributed by atoms with E-state index in [0.717, 1.165) is 12.1 Å². The molecule has 3 aromatic carbocycles. The SMILES string of the molecule is CC(NP(=O)(Oc1ccc([N+](=O)[O-])cc1)Oc1ccc(Cl)c2ccccc12)C(=O)O. The van der Waals surface area contributed by atoms with Gasteiger partial charge >= 0.3 is 13.7 Å². The van der Waals surface area contributed by atoms with Crippen LogP contribution in [-0.4, -0.2) is 22.0 Å². The lowest BCUT2D eigenvalue weighted by atomic mass is 10.1. The summed E-state index contributed by atoms with van der Waals surface area (Å²) >= 11 is 6.19. The third-order valence-corrected chi connectivity index (χ3v) is 5.97. The Hall–Kier alpha value is -3.13. The predicted octanol–water partition coefficient (Wildman–Crippen LogP) is 5.03. The summed E-state index contributed by atoms with van der Waals surface area (Å²) in [7, 11) is -4.28. The van der Waals surface area contributed by atoms with Crippen molar-refractivity contribution in [1.29, 1.82) is 0 Å². The summed E-state index contributed by atoms with van der Waals surface area (Å²) in [5, 5.41) is 24.0. The number of non-ortho nitro benzene ring substituents is 1. The van der Waals surface area contributed by atoms with Gasteiger partial charge in [0.05, 0.1) is 4.92 Å². The first-order chi connectivity index (χ1) is 14.2. The van der Waals surface area contributed by atoms with E-state index in [9.17, 15) is 24.6 Å². The molecule has 0 bridgehead atoms. The molecule has 30 heavy (non-hydrogen) atoms. The highest BCUT2D eigenvalue weighted by atomic mass is 35.5. The molecule has 0 aromatic heterocycles. The van der Waals surface area contributed by atoms with E-state index in [1.54, 1.807) is 30.3 Å². The van der Waals surface area contributed by atoms with Gasteiger partial charge in [-0.25, -0.2) is 4.57 Å². The molecule has 9 nitrogen and oxygen atoms in total. The smallest absolute Gasteiger partial charge is 0.480 e. The molecule has 3 aromatic rings. The van der Waals surface area contributed by atoms with Crippen LogP contribution in [0.4, 0.5) is 5.69 Å². The Morgan fingerprint density at radius 3 is 2.33 bits per heavy atom. The topological polar surface area (TPSA) is 128 Å². The predicted molar refractivity (Wildman–Crippen MR) is 111 cm³/mol. The molecule has 0 spiro atoms. The van der Waals surface area contributed by atoms with Gasteiger partial charge in [0.1, 0.15) is 17.5 Å².